The lowest BCUT2D eigenvalue weighted by molar-refractivity contribution is -0.115. The summed E-state index contributed by atoms with van der Waals surface area (Å²) in [5, 5.41) is 6.23. The lowest BCUT2D eigenvalue weighted by Crippen LogP contribution is -2.17. The van der Waals surface area contributed by atoms with Gasteiger partial charge in [0.2, 0.25) is 5.91 Å². The summed E-state index contributed by atoms with van der Waals surface area (Å²) in [6.07, 6.45) is 0.229. The van der Waals surface area contributed by atoms with Gasteiger partial charge in [0.25, 0.3) is 0 Å². The summed E-state index contributed by atoms with van der Waals surface area (Å²) in [5.74, 6) is 0.210. The van der Waals surface area contributed by atoms with Gasteiger partial charge in [-0.3, -0.25) is 4.79 Å². The first-order valence-electron chi connectivity index (χ1n) is 7.12. The summed E-state index contributed by atoms with van der Waals surface area (Å²) in [5.41, 5.74) is 8.52. The molecule has 1 aromatic carbocycles. The van der Waals surface area contributed by atoms with Crippen molar-refractivity contribution < 1.29 is 4.79 Å². The van der Waals surface area contributed by atoms with E-state index in [1.165, 1.54) is 11.3 Å². The van der Waals surface area contributed by atoms with E-state index in [-0.39, 0.29) is 18.4 Å². The normalized spacial score (nSPS) is 12.5. The first kappa shape index (κ1) is 16.9. The predicted molar refractivity (Wildman–Crippen MR) is 92.4 cm³/mol. The number of thiazole rings is 1. The Morgan fingerprint density at radius 1 is 1.45 bits per heavy atom. The van der Waals surface area contributed by atoms with Gasteiger partial charge in [0.05, 0.1) is 18.2 Å². The zero-order chi connectivity index (χ0) is 16.3. The van der Waals surface area contributed by atoms with Gasteiger partial charge in [-0.15, -0.1) is 11.3 Å². The van der Waals surface area contributed by atoms with Crippen LogP contribution in [-0.4, -0.2) is 10.9 Å². The van der Waals surface area contributed by atoms with E-state index in [0.29, 0.717) is 10.9 Å². The second-order valence-electron chi connectivity index (χ2n) is 5.63. The molecule has 0 radical (unpaired) electrons. The van der Waals surface area contributed by atoms with Crippen molar-refractivity contribution in [3.05, 3.63) is 44.9 Å². The van der Waals surface area contributed by atoms with Crippen LogP contribution in [0, 0.1) is 12.8 Å². The van der Waals surface area contributed by atoms with Gasteiger partial charge >= 0.3 is 0 Å². The zero-order valence-electron chi connectivity index (χ0n) is 12.9. The Labute approximate surface area is 139 Å². The van der Waals surface area contributed by atoms with Gasteiger partial charge in [-0.2, -0.15) is 0 Å². The number of nitrogens with one attached hydrogen (secondary N) is 1. The third kappa shape index (κ3) is 4.29. The van der Waals surface area contributed by atoms with Crippen LogP contribution in [0.4, 0.5) is 5.69 Å². The van der Waals surface area contributed by atoms with Gasteiger partial charge in [0, 0.05) is 16.1 Å². The average Bonchev–Trinajstić information content (AvgIpc) is 2.90. The molecular weight excluding hydrogens is 318 g/mol. The molecule has 2 aromatic rings. The average molecular weight is 338 g/mol. The van der Waals surface area contributed by atoms with Crippen molar-refractivity contribution >= 4 is 34.5 Å². The molecule has 3 N–H and O–H groups in total. The van der Waals surface area contributed by atoms with Crippen LogP contribution >= 0.6 is 22.9 Å². The molecule has 22 heavy (non-hydrogen) atoms. The summed E-state index contributed by atoms with van der Waals surface area (Å²) < 4.78 is 0. The van der Waals surface area contributed by atoms with Crippen molar-refractivity contribution in [2.24, 2.45) is 11.7 Å². The third-order valence-electron chi connectivity index (χ3n) is 3.39. The van der Waals surface area contributed by atoms with Gasteiger partial charge in [-0.1, -0.05) is 31.5 Å². The lowest BCUT2D eigenvalue weighted by Gasteiger charge is -2.11. The quantitative estimate of drug-likeness (QED) is 0.868. The van der Waals surface area contributed by atoms with Crippen LogP contribution < -0.4 is 11.1 Å². The fourth-order valence-electron chi connectivity index (χ4n) is 1.93. The molecule has 1 amide bonds. The molecule has 6 heteroatoms. The maximum Gasteiger partial charge on any atom is 0.230 e. The Balaban J connectivity index is 2.02. The monoisotopic (exact) mass is 337 g/mol. The minimum atomic E-state index is -0.111. The fraction of sp³-hybridized carbons (Fsp3) is 0.375. The Kier molecular flexibility index (Phi) is 5.56. The van der Waals surface area contributed by atoms with Crippen molar-refractivity contribution in [1.29, 1.82) is 0 Å². The minimum absolute atomic E-state index is 0.0861. The Morgan fingerprint density at radius 3 is 2.86 bits per heavy atom. The van der Waals surface area contributed by atoms with E-state index >= 15 is 0 Å². The molecule has 1 aromatic heterocycles. The topological polar surface area (TPSA) is 68.0 Å². The van der Waals surface area contributed by atoms with E-state index in [9.17, 15) is 4.79 Å². The molecule has 0 aliphatic heterocycles. The lowest BCUT2D eigenvalue weighted by atomic mass is 10.1. The molecular formula is C16H20ClN3OS. The number of rotatable bonds is 5. The van der Waals surface area contributed by atoms with Crippen LogP contribution in [0.15, 0.2) is 23.6 Å². The number of aromatic nitrogens is 1. The van der Waals surface area contributed by atoms with Crippen LogP contribution in [0.2, 0.25) is 5.02 Å². The minimum Gasteiger partial charge on any atom is -0.325 e. The van der Waals surface area contributed by atoms with Crippen LogP contribution in [0.25, 0.3) is 0 Å². The fourth-order valence-corrected chi connectivity index (χ4v) is 3.09. The van der Waals surface area contributed by atoms with Crippen molar-refractivity contribution in [3.63, 3.8) is 0 Å². The van der Waals surface area contributed by atoms with Crippen molar-refractivity contribution in [2.45, 2.75) is 33.2 Å². The number of amides is 1. The number of carbonyl (C=O) groups excluding carboxylic acids is 1. The molecule has 2 rings (SSSR count). The van der Waals surface area contributed by atoms with Gasteiger partial charge in [-0.05, 0) is 30.5 Å². The SMILES string of the molecule is Cc1ccc(Cl)cc1NC(=O)Cc1csc(C(N)C(C)C)n1. The van der Waals surface area contributed by atoms with Gasteiger partial charge in [-0.25, -0.2) is 4.98 Å². The molecule has 0 spiro atoms. The molecule has 0 fully saturated rings. The summed E-state index contributed by atoms with van der Waals surface area (Å²) in [6, 6.07) is 5.33. The smallest absolute Gasteiger partial charge is 0.230 e. The highest BCUT2D eigenvalue weighted by Gasteiger charge is 2.16. The number of carbonyl (C=O) groups is 1. The number of nitrogens with zero attached hydrogens (tertiary/aromatic N) is 1. The Bertz CT molecular complexity index is 669. The largest absolute Gasteiger partial charge is 0.325 e. The van der Waals surface area contributed by atoms with E-state index in [0.717, 1.165) is 22.0 Å². The number of nitrogens with two attached hydrogens (primary N) is 1. The number of hydrogen-bond acceptors (Lipinski definition) is 4. The van der Waals surface area contributed by atoms with Crippen LogP contribution in [0.1, 0.15) is 36.2 Å². The van der Waals surface area contributed by atoms with E-state index < -0.39 is 0 Å². The third-order valence-corrected chi connectivity index (χ3v) is 4.62. The first-order valence-corrected chi connectivity index (χ1v) is 8.38. The predicted octanol–water partition coefficient (Wildman–Crippen LogP) is 3.94. The van der Waals surface area contributed by atoms with E-state index in [2.05, 4.69) is 24.1 Å². The maximum atomic E-state index is 12.1. The number of halogens is 1. The first-order chi connectivity index (χ1) is 10.4. The summed E-state index contributed by atoms with van der Waals surface area (Å²) >= 11 is 7.46. The molecule has 0 bridgehead atoms. The van der Waals surface area contributed by atoms with E-state index in [1.54, 1.807) is 12.1 Å². The number of benzene rings is 1. The molecule has 118 valence electrons. The second kappa shape index (κ2) is 7.22. The number of anilines is 1. The van der Waals surface area contributed by atoms with Gasteiger partial charge in [0.1, 0.15) is 5.01 Å². The van der Waals surface area contributed by atoms with Crippen molar-refractivity contribution in [3.8, 4) is 0 Å². The molecule has 1 heterocycles. The molecule has 4 nitrogen and oxygen atoms in total. The van der Waals surface area contributed by atoms with Crippen molar-refractivity contribution in [1.82, 2.24) is 4.98 Å². The number of hydrogen-bond donors (Lipinski definition) is 2. The molecule has 1 atom stereocenters. The van der Waals surface area contributed by atoms with Crippen LogP contribution in [-0.2, 0) is 11.2 Å². The van der Waals surface area contributed by atoms with Crippen LogP contribution in [0.5, 0.6) is 0 Å². The molecule has 0 aliphatic carbocycles. The standard InChI is InChI=1S/C16H20ClN3OS/c1-9(2)15(18)16-19-12(8-22-16)7-14(21)20-13-6-11(17)5-4-10(13)3/h4-6,8-9,15H,7,18H2,1-3H3,(H,20,21). The van der Waals surface area contributed by atoms with E-state index in [4.69, 9.17) is 17.3 Å². The molecule has 0 saturated carbocycles. The second-order valence-corrected chi connectivity index (χ2v) is 6.96. The van der Waals surface area contributed by atoms with Gasteiger partial charge in [0.15, 0.2) is 0 Å². The maximum absolute atomic E-state index is 12.1. The Morgan fingerprint density at radius 2 is 2.18 bits per heavy atom. The zero-order valence-corrected chi connectivity index (χ0v) is 14.5. The summed E-state index contributed by atoms with van der Waals surface area (Å²) in [4.78, 5) is 16.6. The highest BCUT2D eigenvalue weighted by atomic mass is 35.5. The molecule has 1 unspecified atom stereocenters. The highest BCUT2D eigenvalue weighted by Crippen LogP contribution is 2.23. The van der Waals surface area contributed by atoms with Crippen LogP contribution in [0.3, 0.4) is 0 Å². The van der Waals surface area contributed by atoms with Gasteiger partial charge < -0.3 is 11.1 Å². The van der Waals surface area contributed by atoms with E-state index in [1.807, 2.05) is 18.4 Å². The molecule has 0 aliphatic rings. The molecule has 0 saturated heterocycles. The van der Waals surface area contributed by atoms with Crippen molar-refractivity contribution in [2.75, 3.05) is 5.32 Å². The highest BCUT2D eigenvalue weighted by molar-refractivity contribution is 7.09. The number of aryl methyl sites for hydroxylation is 1. The summed E-state index contributed by atoms with van der Waals surface area (Å²) in [6.45, 7) is 6.04. The Hall–Kier alpha value is -1.43. The summed E-state index contributed by atoms with van der Waals surface area (Å²) in [7, 11) is 0.